The van der Waals surface area contributed by atoms with Gasteiger partial charge in [-0.1, -0.05) is 24.3 Å². The monoisotopic (exact) mass is 472 g/mol. The predicted octanol–water partition coefficient (Wildman–Crippen LogP) is 6.75. The van der Waals surface area contributed by atoms with Crippen molar-refractivity contribution >= 4 is 46.8 Å². The van der Waals surface area contributed by atoms with Crippen molar-refractivity contribution < 1.29 is 4.79 Å². The van der Waals surface area contributed by atoms with Crippen LogP contribution in [0.4, 0.5) is 28.4 Å². The summed E-state index contributed by atoms with van der Waals surface area (Å²) in [6.07, 6.45) is 5.28. The number of anilines is 4. The third-order valence-corrected chi connectivity index (χ3v) is 5.38. The van der Waals surface area contributed by atoms with Crippen LogP contribution in [0.25, 0.3) is 5.70 Å². The Morgan fingerprint density at radius 1 is 0.917 bits per heavy atom. The Labute approximate surface area is 209 Å². The summed E-state index contributed by atoms with van der Waals surface area (Å²) < 4.78 is 0. The Bertz CT molecular complexity index is 1470. The van der Waals surface area contributed by atoms with E-state index in [0.717, 1.165) is 11.4 Å². The number of amides is 1. The normalized spacial score (nSPS) is 10.7. The van der Waals surface area contributed by atoms with E-state index in [2.05, 4.69) is 38.7 Å². The fourth-order valence-corrected chi connectivity index (χ4v) is 3.70. The molecule has 1 heterocycles. The van der Waals surface area contributed by atoms with Gasteiger partial charge in [-0.3, -0.25) is 14.8 Å². The number of hydrogen-bond donors (Lipinski definition) is 3. The molecule has 0 atom stereocenters. The molecule has 3 N–H and O–H groups in total. The average Bonchev–Trinajstić information content (AvgIpc) is 2.92. The van der Waals surface area contributed by atoms with Crippen LogP contribution in [0.3, 0.4) is 0 Å². The second-order valence-corrected chi connectivity index (χ2v) is 7.77. The Balaban J connectivity index is 1.52. The number of pyridine rings is 1. The van der Waals surface area contributed by atoms with Crippen LogP contribution < -0.4 is 16.0 Å². The Morgan fingerprint density at radius 2 is 1.61 bits per heavy atom. The van der Waals surface area contributed by atoms with Crippen molar-refractivity contribution in [3.8, 4) is 6.07 Å². The summed E-state index contributed by atoms with van der Waals surface area (Å²) in [6.45, 7) is 5.49. The van der Waals surface area contributed by atoms with Gasteiger partial charge in [0.1, 0.15) is 0 Å². The molecular weight excluding hydrogens is 448 g/mol. The third kappa shape index (κ3) is 5.64. The first-order valence-corrected chi connectivity index (χ1v) is 11.2. The maximum absolute atomic E-state index is 13.0. The zero-order valence-corrected chi connectivity index (χ0v) is 19.7. The zero-order chi connectivity index (χ0) is 25.3. The molecule has 0 spiro atoms. The van der Waals surface area contributed by atoms with Gasteiger partial charge in [-0.15, -0.1) is 0 Å². The van der Waals surface area contributed by atoms with Crippen molar-refractivity contribution in [2.45, 2.75) is 6.92 Å². The van der Waals surface area contributed by atoms with E-state index in [1.54, 1.807) is 48.8 Å². The van der Waals surface area contributed by atoms with Gasteiger partial charge in [0.2, 0.25) is 0 Å². The molecular formula is C29H24N6O. The van der Waals surface area contributed by atoms with E-state index in [9.17, 15) is 10.1 Å². The lowest BCUT2D eigenvalue weighted by molar-refractivity contribution is 0.102. The average molecular weight is 473 g/mol. The number of aliphatic imine (C=N–C) groups is 1. The minimum absolute atomic E-state index is 0.243. The van der Waals surface area contributed by atoms with Crippen molar-refractivity contribution in [1.82, 2.24) is 4.98 Å². The van der Waals surface area contributed by atoms with E-state index in [1.165, 1.54) is 0 Å². The van der Waals surface area contributed by atoms with E-state index in [0.29, 0.717) is 39.4 Å². The number of nitrogens with one attached hydrogen (secondary N) is 3. The maximum atomic E-state index is 13.0. The number of nitriles is 1. The highest BCUT2D eigenvalue weighted by Gasteiger charge is 2.14. The SMILES string of the molecule is C=Nc1cccc(C#N)c1/C(=C\C)Nc1cccc(C(=O)Nc2cccc(Nc3ccncc3)c2)c1. The van der Waals surface area contributed by atoms with Gasteiger partial charge in [0.05, 0.1) is 17.3 Å². The number of carbonyl (C=O) groups excluding carboxylic acids is 1. The van der Waals surface area contributed by atoms with E-state index >= 15 is 0 Å². The lowest BCUT2D eigenvalue weighted by Crippen LogP contribution is -2.12. The summed E-state index contributed by atoms with van der Waals surface area (Å²) in [7, 11) is 0. The number of benzene rings is 3. The summed E-state index contributed by atoms with van der Waals surface area (Å²) in [5.41, 5.74) is 6.03. The van der Waals surface area contributed by atoms with Crippen LogP contribution >= 0.6 is 0 Å². The number of hydrogen-bond acceptors (Lipinski definition) is 6. The summed E-state index contributed by atoms with van der Waals surface area (Å²) in [5, 5.41) is 19.1. The third-order valence-electron chi connectivity index (χ3n) is 5.38. The molecule has 0 saturated carbocycles. The minimum Gasteiger partial charge on any atom is -0.355 e. The molecule has 0 radical (unpaired) electrons. The Morgan fingerprint density at radius 3 is 2.33 bits per heavy atom. The summed E-state index contributed by atoms with van der Waals surface area (Å²) >= 11 is 0. The van der Waals surface area contributed by atoms with Gasteiger partial charge in [0.25, 0.3) is 5.91 Å². The summed E-state index contributed by atoms with van der Waals surface area (Å²) in [4.78, 5) is 21.1. The molecule has 176 valence electrons. The molecule has 0 unspecified atom stereocenters. The van der Waals surface area contributed by atoms with E-state index in [-0.39, 0.29) is 5.91 Å². The zero-order valence-electron chi connectivity index (χ0n) is 19.7. The Hall–Kier alpha value is -5.22. The molecule has 4 aromatic rings. The first-order chi connectivity index (χ1) is 17.6. The number of carbonyl (C=O) groups is 1. The molecule has 0 aliphatic rings. The van der Waals surface area contributed by atoms with Gasteiger partial charge in [-0.2, -0.15) is 5.26 Å². The van der Waals surface area contributed by atoms with Crippen LogP contribution in [0.1, 0.15) is 28.4 Å². The maximum Gasteiger partial charge on any atom is 0.255 e. The molecule has 0 aliphatic carbocycles. The van der Waals surface area contributed by atoms with Crippen LogP contribution in [0.15, 0.2) is 102 Å². The molecule has 36 heavy (non-hydrogen) atoms. The van der Waals surface area contributed by atoms with Crippen molar-refractivity contribution in [1.29, 1.82) is 5.26 Å². The highest BCUT2D eigenvalue weighted by atomic mass is 16.1. The van der Waals surface area contributed by atoms with Crippen LogP contribution in [-0.2, 0) is 0 Å². The van der Waals surface area contributed by atoms with Crippen LogP contribution in [0.5, 0.6) is 0 Å². The van der Waals surface area contributed by atoms with Gasteiger partial charge in [-0.05, 0) is 74.3 Å². The summed E-state index contributed by atoms with van der Waals surface area (Å²) in [5.74, 6) is -0.243. The molecule has 0 bridgehead atoms. The molecule has 3 aromatic carbocycles. The molecule has 4 rings (SSSR count). The molecule has 1 aromatic heterocycles. The van der Waals surface area contributed by atoms with Gasteiger partial charge < -0.3 is 16.0 Å². The fourth-order valence-electron chi connectivity index (χ4n) is 3.70. The van der Waals surface area contributed by atoms with Gasteiger partial charge in [0.15, 0.2) is 0 Å². The summed E-state index contributed by atoms with van der Waals surface area (Å²) in [6, 6.07) is 25.9. The van der Waals surface area contributed by atoms with Gasteiger partial charge >= 0.3 is 0 Å². The standard InChI is InChI=1S/C29H24N6O/c1-3-26(28-21(19-30)8-5-12-27(28)31-2)34-23-9-4-7-20(17-23)29(36)35-25-11-6-10-24(18-25)33-22-13-15-32-16-14-22/h3-18,34H,2H2,1H3,(H,32,33)(H,35,36)/b26-3+. The lowest BCUT2D eigenvalue weighted by Gasteiger charge is -2.15. The van der Waals surface area contributed by atoms with Crippen LogP contribution in [0.2, 0.25) is 0 Å². The van der Waals surface area contributed by atoms with Crippen molar-refractivity contribution in [3.63, 3.8) is 0 Å². The van der Waals surface area contributed by atoms with Gasteiger partial charge in [-0.25, -0.2) is 0 Å². The molecule has 7 heteroatoms. The number of nitrogens with zero attached hydrogens (tertiary/aromatic N) is 3. The first kappa shape index (κ1) is 23.9. The van der Waals surface area contributed by atoms with E-state index < -0.39 is 0 Å². The highest BCUT2D eigenvalue weighted by molar-refractivity contribution is 6.05. The van der Waals surface area contributed by atoms with E-state index in [1.807, 2.05) is 55.5 Å². The molecule has 0 fully saturated rings. The van der Waals surface area contributed by atoms with Crippen molar-refractivity contribution in [2.24, 2.45) is 4.99 Å². The molecule has 1 amide bonds. The fraction of sp³-hybridized carbons (Fsp3) is 0.0345. The van der Waals surface area contributed by atoms with E-state index in [4.69, 9.17) is 0 Å². The Kier molecular flexibility index (Phi) is 7.49. The molecule has 0 aliphatic heterocycles. The number of aromatic nitrogens is 1. The topological polar surface area (TPSA) is 102 Å². The van der Waals surface area contributed by atoms with Crippen molar-refractivity contribution in [3.05, 3.63) is 114 Å². The van der Waals surface area contributed by atoms with Gasteiger partial charge in [0, 0.05) is 52.0 Å². The number of allylic oxidation sites excluding steroid dienone is 1. The molecule has 7 nitrogen and oxygen atoms in total. The lowest BCUT2D eigenvalue weighted by atomic mass is 10.0. The second kappa shape index (κ2) is 11.3. The second-order valence-electron chi connectivity index (χ2n) is 7.77. The largest absolute Gasteiger partial charge is 0.355 e. The van der Waals surface area contributed by atoms with Crippen LogP contribution in [0, 0.1) is 11.3 Å². The minimum atomic E-state index is -0.243. The predicted molar refractivity (Wildman–Crippen MR) is 146 cm³/mol. The molecule has 0 saturated heterocycles. The van der Waals surface area contributed by atoms with Crippen molar-refractivity contribution in [2.75, 3.05) is 16.0 Å². The smallest absolute Gasteiger partial charge is 0.255 e. The highest BCUT2D eigenvalue weighted by Crippen LogP contribution is 2.31. The first-order valence-electron chi connectivity index (χ1n) is 11.2. The number of rotatable bonds is 8. The van der Waals surface area contributed by atoms with Crippen LogP contribution in [-0.4, -0.2) is 17.6 Å². The quantitative estimate of drug-likeness (QED) is 0.246.